The Morgan fingerprint density at radius 3 is 2.09 bits per heavy atom. The van der Waals surface area contributed by atoms with Crippen molar-refractivity contribution in [2.24, 2.45) is 0 Å². The van der Waals surface area contributed by atoms with Gasteiger partial charge in [0.15, 0.2) is 5.76 Å². The molecule has 0 spiro atoms. The van der Waals surface area contributed by atoms with Crippen LogP contribution in [0.4, 0.5) is 18.9 Å². The molecule has 23 heavy (non-hydrogen) atoms. The minimum Gasteiger partial charge on any atom is -0.502 e. The lowest BCUT2D eigenvalue weighted by Gasteiger charge is -2.15. The highest BCUT2D eigenvalue weighted by Gasteiger charge is 2.41. The van der Waals surface area contributed by atoms with E-state index >= 15 is 0 Å². The van der Waals surface area contributed by atoms with Gasteiger partial charge in [0.2, 0.25) is 0 Å². The number of halogens is 3. The fourth-order valence-corrected chi connectivity index (χ4v) is 2.27. The summed E-state index contributed by atoms with van der Waals surface area (Å²) in [6.45, 7) is 0. The van der Waals surface area contributed by atoms with Gasteiger partial charge in [0.1, 0.15) is 17.5 Å². The van der Waals surface area contributed by atoms with E-state index in [4.69, 9.17) is 0 Å². The lowest BCUT2D eigenvalue weighted by Crippen LogP contribution is -2.32. The van der Waals surface area contributed by atoms with E-state index in [9.17, 15) is 27.9 Å². The van der Waals surface area contributed by atoms with Gasteiger partial charge in [-0.2, -0.15) is 0 Å². The Balaban J connectivity index is 2.09. The summed E-state index contributed by atoms with van der Waals surface area (Å²) in [6, 6.07) is 6.73. The molecule has 116 valence electrons. The first-order chi connectivity index (χ1) is 10.9. The molecule has 7 heteroatoms. The molecule has 1 N–H and O–H groups in total. The van der Waals surface area contributed by atoms with Crippen LogP contribution in [0.15, 0.2) is 48.2 Å². The van der Waals surface area contributed by atoms with Crippen molar-refractivity contribution < 1.29 is 27.9 Å². The summed E-state index contributed by atoms with van der Waals surface area (Å²) in [5, 5.41) is 9.90. The van der Waals surface area contributed by atoms with Crippen LogP contribution in [-0.2, 0) is 9.59 Å². The van der Waals surface area contributed by atoms with Crippen LogP contribution in [0.2, 0.25) is 0 Å². The van der Waals surface area contributed by atoms with E-state index < -0.39 is 46.3 Å². The second-order valence-corrected chi connectivity index (χ2v) is 4.77. The lowest BCUT2D eigenvalue weighted by atomic mass is 10.1. The van der Waals surface area contributed by atoms with Gasteiger partial charge in [0.25, 0.3) is 5.91 Å². The molecule has 1 aliphatic heterocycles. The highest BCUT2D eigenvalue weighted by Crippen LogP contribution is 2.33. The van der Waals surface area contributed by atoms with Crippen LogP contribution in [0.5, 0.6) is 0 Å². The van der Waals surface area contributed by atoms with Crippen molar-refractivity contribution in [1.82, 2.24) is 0 Å². The van der Waals surface area contributed by atoms with Gasteiger partial charge in [0.05, 0.1) is 11.3 Å². The number of amides is 2. The lowest BCUT2D eigenvalue weighted by molar-refractivity contribution is -0.121. The van der Waals surface area contributed by atoms with Gasteiger partial charge in [-0.15, -0.1) is 0 Å². The molecule has 0 saturated heterocycles. The van der Waals surface area contributed by atoms with E-state index in [-0.39, 0.29) is 5.56 Å². The van der Waals surface area contributed by atoms with Crippen molar-refractivity contribution in [3.63, 3.8) is 0 Å². The third-order valence-corrected chi connectivity index (χ3v) is 3.34. The number of aliphatic hydroxyl groups is 1. The predicted molar refractivity (Wildman–Crippen MR) is 74.8 cm³/mol. The van der Waals surface area contributed by atoms with Crippen molar-refractivity contribution in [3.8, 4) is 0 Å². The van der Waals surface area contributed by atoms with Crippen LogP contribution in [-0.4, -0.2) is 16.9 Å². The van der Waals surface area contributed by atoms with Gasteiger partial charge in [-0.05, 0) is 29.8 Å². The van der Waals surface area contributed by atoms with E-state index in [2.05, 4.69) is 0 Å². The maximum atomic E-state index is 13.8. The Labute approximate surface area is 128 Å². The molecule has 0 saturated carbocycles. The summed E-state index contributed by atoms with van der Waals surface area (Å²) >= 11 is 0. The zero-order chi connectivity index (χ0) is 16.7. The van der Waals surface area contributed by atoms with E-state index in [0.717, 1.165) is 24.3 Å². The van der Waals surface area contributed by atoms with Crippen LogP contribution in [0, 0.1) is 17.5 Å². The van der Waals surface area contributed by atoms with Crippen molar-refractivity contribution in [2.45, 2.75) is 0 Å². The van der Waals surface area contributed by atoms with Crippen LogP contribution in [0.1, 0.15) is 5.56 Å². The predicted octanol–water partition coefficient (Wildman–Crippen LogP) is 2.95. The molecule has 0 bridgehead atoms. The number of imide groups is 1. The first kappa shape index (κ1) is 14.8. The molecule has 2 aromatic rings. The fourth-order valence-electron chi connectivity index (χ4n) is 2.27. The average molecular weight is 319 g/mol. The van der Waals surface area contributed by atoms with E-state index in [1.54, 1.807) is 0 Å². The molecule has 0 radical (unpaired) electrons. The molecule has 0 atom stereocenters. The quantitative estimate of drug-likeness (QED) is 0.866. The van der Waals surface area contributed by atoms with Crippen LogP contribution in [0.3, 0.4) is 0 Å². The normalized spacial score (nSPS) is 14.8. The van der Waals surface area contributed by atoms with Gasteiger partial charge in [-0.3, -0.25) is 9.59 Å². The number of nitrogens with zero attached hydrogens (tertiary/aromatic N) is 1. The second-order valence-electron chi connectivity index (χ2n) is 4.77. The zero-order valence-electron chi connectivity index (χ0n) is 11.4. The topological polar surface area (TPSA) is 57.6 Å². The first-order valence-electron chi connectivity index (χ1n) is 6.43. The summed E-state index contributed by atoms with van der Waals surface area (Å²) in [5.41, 5.74) is -0.927. The molecule has 0 fully saturated rings. The van der Waals surface area contributed by atoms with Gasteiger partial charge >= 0.3 is 5.91 Å². The molecule has 0 aliphatic carbocycles. The van der Waals surface area contributed by atoms with Crippen LogP contribution in [0.25, 0.3) is 5.57 Å². The summed E-state index contributed by atoms with van der Waals surface area (Å²) in [4.78, 5) is 24.8. The molecule has 2 aromatic carbocycles. The number of aliphatic hydroxyl groups excluding tert-OH is 1. The smallest absolute Gasteiger partial charge is 0.301 e. The van der Waals surface area contributed by atoms with Gasteiger partial charge < -0.3 is 5.11 Å². The summed E-state index contributed by atoms with van der Waals surface area (Å²) in [5.74, 6) is -5.54. The number of anilines is 1. The Morgan fingerprint density at radius 1 is 0.826 bits per heavy atom. The maximum absolute atomic E-state index is 13.8. The van der Waals surface area contributed by atoms with Crippen molar-refractivity contribution in [1.29, 1.82) is 0 Å². The number of carbonyl (C=O) groups is 2. The molecule has 3 rings (SSSR count). The SMILES string of the molecule is O=C1C(O)=C(c2ccc(F)cc2)C(=O)N1c1cc(F)ccc1F. The van der Waals surface area contributed by atoms with E-state index in [0.29, 0.717) is 11.0 Å². The zero-order valence-corrected chi connectivity index (χ0v) is 11.4. The molecular formula is C16H8F3NO3. The molecular weight excluding hydrogens is 311 g/mol. The van der Waals surface area contributed by atoms with Gasteiger partial charge in [-0.25, -0.2) is 18.1 Å². The number of rotatable bonds is 2. The molecule has 4 nitrogen and oxygen atoms in total. The molecule has 1 aliphatic rings. The minimum absolute atomic E-state index is 0.0848. The summed E-state index contributed by atoms with van der Waals surface area (Å²) < 4.78 is 40.0. The van der Waals surface area contributed by atoms with E-state index in [1.807, 2.05) is 0 Å². The van der Waals surface area contributed by atoms with Crippen LogP contribution < -0.4 is 4.90 Å². The highest BCUT2D eigenvalue weighted by molar-refractivity contribution is 6.44. The average Bonchev–Trinajstić information content (AvgIpc) is 2.73. The standard InChI is InChI=1S/C16H8F3NO3/c17-9-3-1-8(2-4-9)13-14(21)16(23)20(15(13)22)12-7-10(18)5-6-11(12)19/h1-7,21H. The Kier molecular flexibility index (Phi) is 3.40. The summed E-state index contributed by atoms with van der Waals surface area (Å²) in [7, 11) is 0. The number of benzene rings is 2. The molecule has 2 amide bonds. The van der Waals surface area contributed by atoms with Crippen LogP contribution >= 0.6 is 0 Å². The van der Waals surface area contributed by atoms with Gasteiger partial charge in [-0.1, -0.05) is 12.1 Å². The first-order valence-corrected chi connectivity index (χ1v) is 6.43. The monoisotopic (exact) mass is 319 g/mol. The Morgan fingerprint density at radius 2 is 1.43 bits per heavy atom. The minimum atomic E-state index is -1.18. The third kappa shape index (κ3) is 2.36. The largest absolute Gasteiger partial charge is 0.502 e. The fraction of sp³-hybridized carbons (Fsp3) is 0. The number of carbonyl (C=O) groups excluding carboxylic acids is 2. The Bertz CT molecular complexity index is 859. The molecule has 0 unspecified atom stereocenters. The second kappa shape index (κ2) is 5.28. The molecule has 1 heterocycles. The summed E-state index contributed by atoms with van der Waals surface area (Å²) in [6.07, 6.45) is 0. The van der Waals surface area contributed by atoms with E-state index in [1.165, 1.54) is 12.1 Å². The maximum Gasteiger partial charge on any atom is 0.301 e. The van der Waals surface area contributed by atoms with Crippen molar-refractivity contribution >= 4 is 23.1 Å². The van der Waals surface area contributed by atoms with Gasteiger partial charge in [0, 0.05) is 6.07 Å². The number of hydrogen-bond donors (Lipinski definition) is 1. The third-order valence-electron chi connectivity index (χ3n) is 3.34. The van der Waals surface area contributed by atoms with Crippen molar-refractivity contribution in [2.75, 3.05) is 4.90 Å². The Hall–Kier alpha value is -3.09. The molecule has 0 aromatic heterocycles. The highest BCUT2D eigenvalue weighted by atomic mass is 19.1. The van der Waals surface area contributed by atoms with Crippen molar-refractivity contribution in [3.05, 3.63) is 71.2 Å². The number of hydrogen-bond acceptors (Lipinski definition) is 3.